The molecular weight excluding hydrogens is 253 g/mol. The van der Waals surface area contributed by atoms with E-state index >= 15 is 0 Å². The normalized spacial score (nSPS) is 12.4. The first-order chi connectivity index (χ1) is 9.60. The second-order valence-corrected chi connectivity index (χ2v) is 5.12. The number of nitrogens with two attached hydrogens (primary N) is 1. The molecule has 1 atom stereocenters. The highest BCUT2D eigenvalue weighted by Crippen LogP contribution is 2.24. The number of hydrogen-bond donors (Lipinski definition) is 1. The third kappa shape index (κ3) is 3.58. The van der Waals surface area contributed by atoms with Crippen LogP contribution in [0, 0.1) is 5.82 Å². The highest BCUT2D eigenvalue weighted by Gasteiger charge is 2.12. The Morgan fingerprint density at radius 3 is 2.30 bits per heavy atom. The molecule has 2 nitrogen and oxygen atoms in total. The SMILES string of the molecule is CC(C)c1ccc(OC(CN)c2cccc(F)c2)cc1. The van der Waals surface area contributed by atoms with Gasteiger partial charge in [-0.1, -0.05) is 38.1 Å². The summed E-state index contributed by atoms with van der Waals surface area (Å²) in [6.07, 6.45) is -0.337. The Bertz CT molecular complexity index is 551. The molecule has 2 aromatic rings. The van der Waals surface area contributed by atoms with E-state index in [0.29, 0.717) is 12.5 Å². The summed E-state index contributed by atoms with van der Waals surface area (Å²) in [5, 5.41) is 0. The van der Waals surface area contributed by atoms with Crippen LogP contribution in [0.4, 0.5) is 4.39 Å². The molecule has 0 bridgehead atoms. The van der Waals surface area contributed by atoms with Crippen molar-refractivity contribution in [3.8, 4) is 5.75 Å². The van der Waals surface area contributed by atoms with Gasteiger partial charge in [0.05, 0.1) is 0 Å². The monoisotopic (exact) mass is 273 g/mol. The van der Waals surface area contributed by atoms with Crippen LogP contribution in [-0.4, -0.2) is 6.54 Å². The zero-order valence-electron chi connectivity index (χ0n) is 11.8. The Hall–Kier alpha value is -1.87. The Balaban J connectivity index is 2.14. The first-order valence-corrected chi connectivity index (χ1v) is 6.82. The van der Waals surface area contributed by atoms with Gasteiger partial charge in [0.15, 0.2) is 0 Å². The van der Waals surface area contributed by atoms with E-state index in [1.54, 1.807) is 6.07 Å². The molecule has 0 aliphatic rings. The van der Waals surface area contributed by atoms with E-state index < -0.39 is 0 Å². The van der Waals surface area contributed by atoms with Gasteiger partial charge in [0.2, 0.25) is 0 Å². The molecule has 106 valence electrons. The lowest BCUT2D eigenvalue weighted by Gasteiger charge is -2.18. The number of rotatable bonds is 5. The predicted molar refractivity (Wildman–Crippen MR) is 79.4 cm³/mol. The molecule has 0 saturated heterocycles. The van der Waals surface area contributed by atoms with Gasteiger partial charge in [0, 0.05) is 6.54 Å². The molecule has 1 unspecified atom stereocenters. The maximum absolute atomic E-state index is 13.2. The Morgan fingerprint density at radius 1 is 1.05 bits per heavy atom. The summed E-state index contributed by atoms with van der Waals surface area (Å²) in [5.41, 5.74) is 7.74. The topological polar surface area (TPSA) is 35.2 Å². The minimum atomic E-state index is -0.337. The third-order valence-corrected chi connectivity index (χ3v) is 3.26. The van der Waals surface area contributed by atoms with Crippen LogP contribution < -0.4 is 10.5 Å². The highest BCUT2D eigenvalue weighted by atomic mass is 19.1. The number of halogens is 1. The van der Waals surface area contributed by atoms with Gasteiger partial charge in [-0.25, -0.2) is 4.39 Å². The zero-order valence-corrected chi connectivity index (χ0v) is 11.8. The maximum Gasteiger partial charge on any atom is 0.136 e. The largest absolute Gasteiger partial charge is 0.484 e. The van der Waals surface area contributed by atoms with E-state index in [4.69, 9.17) is 10.5 Å². The summed E-state index contributed by atoms with van der Waals surface area (Å²) in [7, 11) is 0. The van der Waals surface area contributed by atoms with Crippen LogP contribution in [0.3, 0.4) is 0 Å². The Kier molecular flexibility index (Phi) is 4.74. The molecule has 0 radical (unpaired) electrons. The van der Waals surface area contributed by atoms with Gasteiger partial charge in [0.25, 0.3) is 0 Å². The number of benzene rings is 2. The quantitative estimate of drug-likeness (QED) is 0.892. The minimum Gasteiger partial charge on any atom is -0.484 e. The molecular formula is C17H20FNO. The fraction of sp³-hybridized carbons (Fsp3) is 0.294. The Morgan fingerprint density at radius 2 is 1.75 bits per heavy atom. The van der Waals surface area contributed by atoms with Gasteiger partial charge < -0.3 is 10.5 Å². The first kappa shape index (κ1) is 14.5. The van der Waals surface area contributed by atoms with Gasteiger partial charge in [-0.15, -0.1) is 0 Å². The average molecular weight is 273 g/mol. The molecule has 2 N–H and O–H groups in total. The molecule has 0 aliphatic carbocycles. The van der Waals surface area contributed by atoms with Crippen molar-refractivity contribution >= 4 is 0 Å². The molecule has 0 amide bonds. The van der Waals surface area contributed by atoms with E-state index in [1.165, 1.54) is 17.7 Å². The second-order valence-electron chi connectivity index (χ2n) is 5.12. The maximum atomic E-state index is 13.2. The lowest BCUT2D eigenvalue weighted by molar-refractivity contribution is 0.213. The van der Waals surface area contributed by atoms with Crippen LogP contribution >= 0.6 is 0 Å². The van der Waals surface area contributed by atoms with E-state index in [9.17, 15) is 4.39 Å². The molecule has 0 heterocycles. The summed E-state index contributed by atoms with van der Waals surface area (Å²) in [6, 6.07) is 14.3. The average Bonchev–Trinajstić information content (AvgIpc) is 2.45. The molecule has 0 fully saturated rings. The molecule has 2 rings (SSSR count). The van der Waals surface area contributed by atoms with Crippen molar-refractivity contribution in [3.63, 3.8) is 0 Å². The number of ether oxygens (including phenoxy) is 1. The summed E-state index contributed by atoms with van der Waals surface area (Å²) in [6.45, 7) is 4.59. The molecule has 0 aliphatic heterocycles. The Labute approximate surface area is 119 Å². The van der Waals surface area contributed by atoms with Crippen molar-refractivity contribution in [2.24, 2.45) is 5.73 Å². The van der Waals surface area contributed by atoms with Crippen molar-refractivity contribution in [2.75, 3.05) is 6.54 Å². The molecule has 0 aromatic heterocycles. The summed E-state index contributed by atoms with van der Waals surface area (Å²) < 4.78 is 19.1. The molecule has 0 saturated carbocycles. The lowest BCUT2D eigenvalue weighted by atomic mass is 10.0. The van der Waals surface area contributed by atoms with Crippen LogP contribution in [0.15, 0.2) is 48.5 Å². The molecule has 20 heavy (non-hydrogen) atoms. The van der Waals surface area contributed by atoms with Crippen molar-refractivity contribution in [3.05, 3.63) is 65.5 Å². The van der Waals surface area contributed by atoms with E-state index in [0.717, 1.165) is 11.3 Å². The lowest BCUT2D eigenvalue weighted by Crippen LogP contribution is -2.18. The molecule has 2 aromatic carbocycles. The summed E-state index contributed by atoms with van der Waals surface area (Å²) in [5.74, 6) is 0.950. The predicted octanol–water partition coefficient (Wildman–Crippen LogP) is 4.03. The van der Waals surface area contributed by atoms with Gasteiger partial charge in [-0.2, -0.15) is 0 Å². The van der Waals surface area contributed by atoms with Crippen molar-refractivity contribution in [2.45, 2.75) is 25.9 Å². The zero-order chi connectivity index (χ0) is 14.5. The van der Waals surface area contributed by atoms with E-state index in [1.807, 2.05) is 30.3 Å². The van der Waals surface area contributed by atoms with Crippen molar-refractivity contribution in [1.82, 2.24) is 0 Å². The van der Waals surface area contributed by atoms with Gasteiger partial charge in [-0.05, 0) is 41.3 Å². The third-order valence-electron chi connectivity index (χ3n) is 3.26. The van der Waals surface area contributed by atoms with Gasteiger partial charge in [-0.3, -0.25) is 0 Å². The highest BCUT2D eigenvalue weighted by molar-refractivity contribution is 5.30. The summed E-state index contributed by atoms with van der Waals surface area (Å²) in [4.78, 5) is 0. The van der Waals surface area contributed by atoms with Crippen molar-refractivity contribution in [1.29, 1.82) is 0 Å². The van der Waals surface area contributed by atoms with Crippen molar-refractivity contribution < 1.29 is 9.13 Å². The van der Waals surface area contributed by atoms with Crippen LogP contribution in [0.25, 0.3) is 0 Å². The smallest absolute Gasteiger partial charge is 0.136 e. The van der Waals surface area contributed by atoms with E-state index in [-0.39, 0.29) is 11.9 Å². The van der Waals surface area contributed by atoms with Crippen LogP contribution in [-0.2, 0) is 0 Å². The number of hydrogen-bond acceptors (Lipinski definition) is 2. The fourth-order valence-electron chi connectivity index (χ4n) is 2.05. The second kappa shape index (κ2) is 6.53. The summed E-state index contributed by atoms with van der Waals surface area (Å²) >= 11 is 0. The fourth-order valence-corrected chi connectivity index (χ4v) is 2.05. The molecule has 0 spiro atoms. The van der Waals surface area contributed by atoms with Crippen LogP contribution in [0.5, 0.6) is 5.75 Å². The van der Waals surface area contributed by atoms with Crippen LogP contribution in [0.1, 0.15) is 37.0 Å². The molecule has 3 heteroatoms. The standard InChI is InChI=1S/C17H20FNO/c1-12(2)13-6-8-16(9-7-13)20-17(11-19)14-4-3-5-15(18)10-14/h3-10,12,17H,11,19H2,1-2H3. The first-order valence-electron chi connectivity index (χ1n) is 6.82. The van der Waals surface area contributed by atoms with Gasteiger partial charge in [0.1, 0.15) is 17.7 Å². The minimum absolute atomic E-state index is 0.278. The van der Waals surface area contributed by atoms with Gasteiger partial charge >= 0.3 is 0 Å². The van der Waals surface area contributed by atoms with E-state index in [2.05, 4.69) is 13.8 Å². The van der Waals surface area contributed by atoms with Crippen LogP contribution in [0.2, 0.25) is 0 Å².